The second kappa shape index (κ2) is 6.39. The van der Waals surface area contributed by atoms with Gasteiger partial charge in [0.2, 0.25) is 5.91 Å². The van der Waals surface area contributed by atoms with Crippen LogP contribution in [0.3, 0.4) is 0 Å². The third-order valence-corrected chi connectivity index (χ3v) is 4.41. The largest absolute Gasteiger partial charge is 0.481 e. The van der Waals surface area contributed by atoms with Crippen LogP contribution in [0.4, 0.5) is 0 Å². The van der Waals surface area contributed by atoms with Gasteiger partial charge in [-0.25, -0.2) is 0 Å². The number of hydrogen-bond donors (Lipinski definition) is 2. The summed E-state index contributed by atoms with van der Waals surface area (Å²) in [5.41, 5.74) is 1.04. The molecule has 108 valence electrons. The minimum atomic E-state index is -0.791. The van der Waals surface area contributed by atoms with E-state index in [-0.39, 0.29) is 23.8 Å². The minimum absolute atomic E-state index is 0.0378. The molecule has 20 heavy (non-hydrogen) atoms. The molecule has 5 heteroatoms. The highest BCUT2D eigenvalue weighted by Gasteiger charge is 2.34. The molecule has 2 N–H and O–H groups in total. The van der Waals surface area contributed by atoms with Gasteiger partial charge in [0, 0.05) is 10.4 Å². The smallest absolute Gasteiger partial charge is 0.306 e. The molecular formula is C15H18BrNO3. The van der Waals surface area contributed by atoms with Gasteiger partial charge in [0.1, 0.15) is 0 Å². The van der Waals surface area contributed by atoms with Crippen LogP contribution in [-0.2, 0) is 9.59 Å². The van der Waals surface area contributed by atoms with E-state index in [1.54, 1.807) is 0 Å². The van der Waals surface area contributed by atoms with E-state index in [1.165, 1.54) is 0 Å². The van der Waals surface area contributed by atoms with Crippen molar-refractivity contribution in [3.05, 3.63) is 34.3 Å². The molecule has 0 saturated heterocycles. The van der Waals surface area contributed by atoms with Gasteiger partial charge >= 0.3 is 5.97 Å². The Labute approximate surface area is 126 Å². The lowest BCUT2D eigenvalue weighted by atomic mass is 10.0. The van der Waals surface area contributed by atoms with E-state index in [0.29, 0.717) is 19.3 Å². The van der Waals surface area contributed by atoms with Crippen LogP contribution in [0, 0.1) is 11.8 Å². The Morgan fingerprint density at radius 2 is 1.85 bits per heavy atom. The fraction of sp³-hybridized carbons (Fsp3) is 0.467. The SMILES string of the molecule is C[C@@H](NC(=O)[C@@H]1CC[C@H](C(=O)O)C1)c1ccc(Br)cc1. The molecule has 0 aliphatic heterocycles. The molecule has 1 aromatic rings. The van der Waals surface area contributed by atoms with Crippen molar-refractivity contribution in [2.24, 2.45) is 11.8 Å². The Morgan fingerprint density at radius 3 is 2.40 bits per heavy atom. The van der Waals surface area contributed by atoms with E-state index in [1.807, 2.05) is 31.2 Å². The first-order valence-electron chi connectivity index (χ1n) is 6.76. The summed E-state index contributed by atoms with van der Waals surface area (Å²) < 4.78 is 1.000. The number of hydrogen-bond acceptors (Lipinski definition) is 2. The number of amides is 1. The summed E-state index contributed by atoms with van der Waals surface area (Å²) in [4.78, 5) is 23.1. The Bertz CT molecular complexity index is 500. The Hall–Kier alpha value is -1.36. The highest BCUT2D eigenvalue weighted by molar-refractivity contribution is 9.10. The number of aliphatic carboxylic acids is 1. The predicted molar refractivity (Wildman–Crippen MR) is 79.2 cm³/mol. The number of carboxylic acid groups (broad SMARTS) is 1. The van der Waals surface area contributed by atoms with Gasteiger partial charge in [-0.1, -0.05) is 28.1 Å². The maximum absolute atomic E-state index is 12.2. The van der Waals surface area contributed by atoms with Crippen LogP contribution in [0.15, 0.2) is 28.7 Å². The lowest BCUT2D eigenvalue weighted by Gasteiger charge is -2.17. The summed E-state index contributed by atoms with van der Waals surface area (Å²) in [6.45, 7) is 1.94. The summed E-state index contributed by atoms with van der Waals surface area (Å²) in [6, 6.07) is 7.73. The van der Waals surface area contributed by atoms with Gasteiger partial charge in [-0.05, 0) is 43.9 Å². The zero-order valence-electron chi connectivity index (χ0n) is 11.3. The normalized spacial score (nSPS) is 23.3. The van der Waals surface area contributed by atoms with Crippen LogP contribution < -0.4 is 5.32 Å². The van der Waals surface area contributed by atoms with E-state index < -0.39 is 5.97 Å². The minimum Gasteiger partial charge on any atom is -0.481 e. The van der Waals surface area contributed by atoms with E-state index in [2.05, 4.69) is 21.2 Å². The number of carboxylic acids is 1. The maximum atomic E-state index is 12.2. The van der Waals surface area contributed by atoms with E-state index in [0.717, 1.165) is 10.0 Å². The molecule has 1 aliphatic carbocycles. The molecule has 2 rings (SSSR count). The zero-order chi connectivity index (χ0) is 14.7. The number of carbonyl (C=O) groups excluding carboxylic acids is 1. The van der Waals surface area contributed by atoms with Crippen LogP contribution in [0.25, 0.3) is 0 Å². The third-order valence-electron chi connectivity index (χ3n) is 3.88. The quantitative estimate of drug-likeness (QED) is 0.885. The van der Waals surface area contributed by atoms with Crippen LogP contribution in [0.2, 0.25) is 0 Å². The summed E-state index contributed by atoms with van der Waals surface area (Å²) in [5.74, 6) is -1.37. The molecule has 0 bridgehead atoms. The first-order valence-corrected chi connectivity index (χ1v) is 7.55. The molecule has 1 fully saturated rings. The molecule has 1 aliphatic rings. The molecule has 1 amide bonds. The van der Waals surface area contributed by atoms with Crippen LogP contribution in [-0.4, -0.2) is 17.0 Å². The first-order chi connectivity index (χ1) is 9.47. The summed E-state index contributed by atoms with van der Waals surface area (Å²) in [5, 5.41) is 11.9. The predicted octanol–water partition coefficient (Wildman–Crippen LogP) is 3.13. The van der Waals surface area contributed by atoms with Crippen molar-refractivity contribution in [3.8, 4) is 0 Å². The summed E-state index contributed by atoms with van der Waals surface area (Å²) in [7, 11) is 0. The Balaban J connectivity index is 1.91. The number of nitrogens with one attached hydrogen (secondary N) is 1. The zero-order valence-corrected chi connectivity index (χ0v) is 12.9. The van der Waals surface area contributed by atoms with Crippen molar-refractivity contribution in [3.63, 3.8) is 0 Å². The van der Waals surface area contributed by atoms with Gasteiger partial charge in [-0.3, -0.25) is 9.59 Å². The molecule has 1 aromatic carbocycles. The lowest BCUT2D eigenvalue weighted by molar-refractivity contribution is -0.141. The third kappa shape index (κ3) is 3.60. The molecule has 3 atom stereocenters. The second-order valence-electron chi connectivity index (χ2n) is 5.33. The number of benzene rings is 1. The van der Waals surface area contributed by atoms with Gasteiger partial charge in [0.25, 0.3) is 0 Å². The molecule has 1 saturated carbocycles. The first kappa shape index (κ1) is 15.0. The highest BCUT2D eigenvalue weighted by atomic mass is 79.9. The Morgan fingerprint density at radius 1 is 1.25 bits per heavy atom. The monoisotopic (exact) mass is 339 g/mol. The van der Waals surface area contributed by atoms with E-state index in [4.69, 9.17) is 5.11 Å². The van der Waals surface area contributed by atoms with Gasteiger partial charge in [-0.2, -0.15) is 0 Å². The van der Waals surface area contributed by atoms with E-state index >= 15 is 0 Å². The van der Waals surface area contributed by atoms with Crippen molar-refractivity contribution in [1.82, 2.24) is 5.32 Å². The lowest BCUT2D eigenvalue weighted by Crippen LogP contribution is -2.32. The molecule has 0 heterocycles. The van der Waals surface area contributed by atoms with Gasteiger partial charge in [0.05, 0.1) is 12.0 Å². The maximum Gasteiger partial charge on any atom is 0.306 e. The molecule has 0 aromatic heterocycles. The van der Waals surface area contributed by atoms with Gasteiger partial charge < -0.3 is 10.4 Å². The molecule has 0 radical (unpaired) electrons. The van der Waals surface area contributed by atoms with Crippen molar-refractivity contribution in [2.45, 2.75) is 32.2 Å². The highest BCUT2D eigenvalue weighted by Crippen LogP contribution is 2.31. The van der Waals surface area contributed by atoms with E-state index in [9.17, 15) is 9.59 Å². The van der Waals surface area contributed by atoms with Gasteiger partial charge in [-0.15, -0.1) is 0 Å². The Kier molecular flexibility index (Phi) is 4.81. The average Bonchev–Trinajstić information content (AvgIpc) is 2.89. The van der Waals surface area contributed by atoms with Crippen LogP contribution in [0.1, 0.15) is 37.8 Å². The number of halogens is 1. The van der Waals surface area contributed by atoms with Crippen LogP contribution in [0.5, 0.6) is 0 Å². The van der Waals surface area contributed by atoms with Crippen LogP contribution >= 0.6 is 15.9 Å². The van der Waals surface area contributed by atoms with Gasteiger partial charge in [0.15, 0.2) is 0 Å². The fourth-order valence-electron chi connectivity index (χ4n) is 2.61. The van der Waals surface area contributed by atoms with Crippen molar-refractivity contribution >= 4 is 27.8 Å². The van der Waals surface area contributed by atoms with Crippen molar-refractivity contribution < 1.29 is 14.7 Å². The number of carbonyl (C=O) groups is 2. The van der Waals surface area contributed by atoms with Crippen molar-refractivity contribution in [1.29, 1.82) is 0 Å². The second-order valence-corrected chi connectivity index (χ2v) is 6.24. The summed E-state index contributed by atoms with van der Waals surface area (Å²) in [6.07, 6.45) is 1.71. The molecule has 0 spiro atoms. The fourth-order valence-corrected chi connectivity index (χ4v) is 2.87. The number of rotatable bonds is 4. The summed E-state index contributed by atoms with van der Waals surface area (Å²) >= 11 is 3.38. The molecule has 4 nitrogen and oxygen atoms in total. The average molecular weight is 340 g/mol. The standard InChI is InChI=1S/C15H18BrNO3/c1-9(10-4-6-13(16)7-5-10)17-14(18)11-2-3-12(8-11)15(19)20/h4-7,9,11-12H,2-3,8H2,1H3,(H,17,18)(H,19,20)/t9-,11-,12+/m1/s1. The molecule has 0 unspecified atom stereocenters. The topological polar surface area (TPSA) is 66.4 Å². The van der Waals surface area contributed by atoms with Crippen molar-refractivity contribution in [2.75, 3.05) is 0 Å². The molecular weight excluding hydrogens is 322 g/mol.